The first-order chi connectivity index (χ1) is 11.9. The van der Waals surface area contributed by atoms with Crippen molar-refractivity contribution >= 4 is 27.9 Å². The molecular formula is C16H18N4O4S. The summed E-state index contributed by atoms with van der Waals surface area (Å²) in [6, 6.07) is 8.99. The first-order valence-electron chi connectivity index (χ1n) is 7.15. The minimum Gasteiger partial charge on any atom is -0.497 e. The van der Waals surface area contributed by atoms with Gasteiger partial charge in [-0.05, 0) is 43.3 Å². The SMILES string of the molecule is C=C(C)NN(C=O)c1ccc(NS(=O)(=O)c2ccc(OC)cc2)cn1. The second-order valence-corrected chi connectivity index (χ2v) is 6.74. The van der Waals surface area contributed by atoms with Gasteiger partial charge in [0.05, 0.1) is 23.9 Å². The Kier molecular flexibility index (Phi) is 5.60. The summed E-state index contributed by atoms with van der Waals surface area (Å²) in [4.78, 5) is 15.2. The number of hydrogen-bond donors (Lipinski definition) is 2. The number of pyridine rings is 1. The molecule has 9 heteroatoms. The second kappa shape index (κ2) is 7.67. The molecule has 2 aromatic rings. The average molecular weight is 362 g/mol. The lowest BCUT2D eigenvalue weighted by Gasteiger charge is -2.18. The third-order valence-corrected chi connectivity index (χ3v) is 4.43. The van der Waals surface area contributed by atoms with Crippen LogP contribution in [-0.4, -0.2) is 26.9 Å². The number of carbonyl (C=O) groups is 1. The first-order valence-corrected chi connectivity index (χ1v) is 8.63. The second-order valence-electron chi connectivity index (χ2n) is 5.05. The van der Waals surface area contributed by atoms with E-state index >= 15 is 0 Å². The van der Waals surface area contributed by atoms with E-state index in [0.29, 0.717) is 23.7 Å². The number of aromatic nitrogens is 1. The predicted molar refractivity (Wildman–Crippen MR) is 94.5 cm³/mol. The highest BCUT2D eigenvalue weighted by Gasteiger charge is 2.15. The maximum atomic E-state index is 12.4. The van der Waals surface area contributed by atoms with Crippen molar-refractivity contribution < 1.29 is 17.9 Å². The van der Waals surface area contributed by atoms with Crippen LogP contribution in [0.2, 0.25) is 0 Å². The van der Waals surface area contributed by atoms with E-state index in [1.807, 2.05) is 0 Å². The van der Waals surface area contributed by atoms with Gasteiger partial charge < -0.3 is 4.74 Å². The van der Waals surface area contributed by atoms with Crippen LogP contribution in [0.5, 0.6) is 5.75 Å². The fourth-order valence-corrected chi connectivity index (χ4v) is 2.94. The number of nitrogens with one attached hydrogen (secondary N) is 2. The van der Waals surface area contributed by atoms with Crippen LogP contribution in [0, 0.1) is 0 Å². The Morgan fingerprint density at radius 2 is 1.92 bits per heavy atom. The number of allylic oxidation sites excluding steroid dienone is 1. The Morgan fingerprint density at radius 3 is 2.40 bits per heavy atom. The minimum absolute atomic E-state index is 0.0934. The molecule has 0 atom stereocenters. The number of rotatable bonds is 8. The zero-order valence-electron chi connectivity index (χ0n) is 13.8. The van der Waals surface area contributed by atoms with Crippen molar-refractivity contribution in [2.75, 3.05) is 16.8 Å². The lowest BCUT2D eigenvalue weighted by atomic mass is 10.3. The molecule has 0 aliphatic rings. The maximum Gasteiger partial charge on any atom is 0.261 e. The van der Waals surface area contributed by atoms with Crippen LogP contribution in [0.3, 0.4) is 0 Å². The number of nitrogens with zero attached hydrogens (tertiary/aromatic N) is 2. The summed E-state index contributed by atoms with van der Waals surface area (Å²) in [5, 5.41) is 1.13. The van der Waals surface area contributed by atoms with Crippen LogP contribution < -0.4 is 19.9 Å². The quantitative estimate of drug-likeness (QED) is 0.549. The molecule has 2 rings (SSSR count). The number of anilines is 2. The lowest BCUT2D eigenvalue weighted by molar-refractivity contribution is -0.108. The summed E-state index contributed by atoms with van der Waals surface area (Å²) in [5.41, 5.74) is 3.53. The Hall–Kier alpha value is -3.07. The maximum absolute atomic E-state index is 12.4. The number of methoxy groups -OCH3 is 1. The van der Waals surface area contributed by atoms with Gasteiger partial charge in [0, 0.05) is 5.70 Å². The van der Waals surface area contributed by atoms with E-state index in [1.165, 1.54) is 37.6 Å². The molecule has 0 aliphatic heterocycles. The number of hydrazine groups is 1. The van der Waals surface area contributed by atoms with Gasteiger partial charge in [-0.15, -0.1) is 0 Å². The van der Waals surface area contributed by atoms with Crippen LogP contribution in [0.25, 0.3) is 0 Å². The van der Waals surface area contributed by atoms with Crippen LogP contribution in [0.1, 0.15) is 6.92 Å². The molecule has 0 radical (unpaired) electrons. The molecule has 25 heavy (non-hydrogen) atoms. The van der Waals surface area contributed by atoms with Gasteiger partial charge in [0.1, 0.15) is 5.75 Å². The molecule has 0 unspecified atom stereocenters. The van der Waals surface area contributed by atoms with Crippen LogP contribution in [0.15, 0.2) is 59.8 Å². The third kappa shape index (κ3) is 4.70. The molecule has 1 aromatic heterocycles. The highest BCUT2D eigenvalue weighted by Crippen LogP contribution is 2.19. The van der Waals surface area contributed by atoms with Gasteiger partial charge in [0.25, 0.3) is 10.0 Å². The summed E-state index contributed by atoms with van der Waals surface area (Å²) >= 11 is 0. The highest BCUT2D eigenvalue weighted by atomic mass is 32.2. The normalized spacial score (nSPS) is 10.6. The van der Waals surface area contributed by atoms with Crippen molar-refractivity contribution in [2.45, 2.75) is 11.8 Å². The summed E-state index contributed by atoms with van der Waals surface area (Å²) < 4.78 is 32.1. The monoisotopic (exact) mass is 362 g/mol. The predicted octanol–water partition coefficient (Wildman–Crippen LogP) is 1.89. The number of benzene rings is 1. The van der Waals surface area contributed by atoms with Gasteiger partial charge in [-0.25, -0.2) is 18.4 Å². The molecule has 0 spiro atoms. The molecule has 0 saturated carbocycles. The molecule has 132 valence electrons. The Balaban J connectivity index is 2.16. The summed E-state index contributed by atoms with van der Waals surface area (Å²) in [5.74, 6) is 0.856. The smallest absolute Gasteiger partial charge is 0.261 e. The van der Waals surface area contributed by atoms with Crippen molar-refractivity contribution in [1.29, 1.82) is 0 Å². The molecule has 1 heterocycles. The molecule has 0 aliphatic carbocycles. The first kappa shape index (κ1) is 18.3. The number of ether oxygens (including phenoxy) is 1. The van der Waals surface area contributed by atoms with Crippen molar-refractivity contribution in [3.8, 4) is 5.75 Å². The number of amides is 1. The van der Waals surface area contributed by atoms with Crippen molar-refractivity contribution in [1.82, 2.24) is 10.4 Å². The van der Waals surface area contributed by atoms with Crippen LogP contribution in [-0.2, 0) is 14.8 Å². The number of hydrogen-bond acceptors (Lipinski definition) is 6. The number of carbonyl (C=O) groups excluding carboxylic acids is 1. The van der Waals surface area contributed by atoms with E-state index in [0.717, 1.165) is 5.01 Å². The largest absolute Gasteiger partial charge is 0.497 e. The van der Waals surface area contributed by atoms with Gasteiger partial charge in [-0.2, -0.15) is 0 Å². The Bertz CT molecular complexity index is 849. The fraction of sp³-hybridized carbons (Fsp3) is 0.125. The molecule has 2 N–H and O–H groups in total. The lowest BCUT2D eigenvalue weighted by Crippen LogP contribution is -2.35. The van der Waals surface area contributed by atoms with Crippen molar-refractivity contribution in [2.24, 2.45) is 0 Å². The van der Waals surface area contributed by atoms with Gasteiger partial charge >= 0.3 is 0 Å². The van der Waals surface area contributed by atoms with E-state index in [1.54, 1.807) is 19.1 Å². The molecular weight excluding hydrogens is 344 g/mol. The summed E-state index contributed by atoms with van der Waals surface area (Å²) in [6.45, 7) is 5.33. The van der Waals surface area contributed by atoms with Gasteiger partial charge in [0.2, 0.25) is 6.41 Å². The highest BCUT2D eigenvalue weighted by molar-refractivity contribution is 7.92. The van der Waals surface area contributed by atoms with E-state index in [-0.39, 0.29) is 10.6 Å². The molecule has 1 amide bonds. The van der Waals surface area contributed by atoms with E-state index in [2.05, 4.69) is 21.7 Å². The van der Waals surface area contributed by atoms with Crippen molar-refractivity contribution in [3.63, 3.8) is 0 Å². The Morgan fingerprint density at radius 1 is 1.24 bits per heavy atom. The average Bonchev–Trinajstić information content (AvgIpc) is 2.60. The van der Waals surface area contributed by atoms with E-state index in [9.17, 15) is 13.2 Å². The molecule has 1 aromatic carbocycles. The van der Waals surface area contributed by atoms with Crippen LogP contribution >= 0.6 is 0 Å². The third-order valence-electron chi connectivity index (χ3n) is 3.03. The molecule has 0 bridgehead atoms. The fourth-order valence-electron chi connectivity index (χ4n) is 1.90. The van der Waals surface area contributed by atoms with Crippen molar-refractivity contribution in [3.05, 3.63) is 54.9 Å². The summed E-state index contributed by atoms with van der Waals surface area (Å²) in [7, 11) is -2.25. The van der Waals surface area contributed by atoms with E-state index < -0.39 is 10.0 Å². The Labute approximate surface area is 146 Å². The summed E-state index contributed by atoms with van der Waals surface area (Å²) in [6.07, 6.45) is 1.85. The zero-order chi connectivity index (χ0) is 18.4. The van der Waals surface area contributed by atoms with Gasteiger partial charge in [0.15, 0.2) is 5.82 Å². The van der Waals surface area contributed by atoms with E-state index in [4.69, 9.17) is 4.74 Å². The molecule has 8 nitrogen and oxygen atoms in total. The standard InChI is InChI=1S/C16H18N4O4S/c1-12(2)18-20(11-21)16-9-4-13(10-17-16)19-25(22,23)15-7-5-14(24-3)6-8-15/h4-11,18-19H,1H2,2-3H3. The molecule has 0 fully saturated rings. The zero-order valence-corrected chi connectivity index (χ0v) is 14.6. The number of sulfonamides is 1. The van der Waals surface area contributed by atoms with Gasteiger partial charge in [-0.1, -0.05) is 6.58 Å². The molecule has 0 saturated heterocycles. The minimum atomic E-state index is -3.75. The van der Waals surface area contributed by atoms with Gasteiger partial charge in [-0.3, -0.25) is 14.9 Å². The topological polar surface area (TPSA) is 101 Å². The van der Waals surface area contributed by atoms with Crippen LogP contribution in [0.4, 0.5) is 11.5 Å².